The number of nitrogens with zero attached hydrogens (tertiary/aromatic N) is 4. The van der Waals surface area contributed by atoms with Crippen molar-refractivity contribution in [2.75, 3.05) is 7.05 Å². The van der Waals surface area contributed by atoms with Crippen LogP contribution in [0.25, 0.3) is 0 Å². The number of allylic oxidation sites excluding steroid dienone is 8. The second-order valence-electron chi connectivity index (χ2n) is 9.30. The van der Waals surface area contributed by atoms with Gasteiger partial charge in [-0.05, 0) is 38.0 Å². The Balaban J connectivity index is 0. The zero-order chi connectivity index (χ0) is 31.5. The summed E-state index contributed by atoms with van der Waals surface area (Å²) in [6, 6.07) is 0. The number of hydrogen-bond acceptors (Lipinski definition) is 5. The number of hydrogen-bond donors (Lipinski definition) is 1. The number of carbonyl (C=O) groups is 1. The van der Waals surface area contributed by atoms with Crippen molar-refractivity contribution in [3.05, 3.63) is 95.8 Å². The molecule has 1 aromatic heterocycles. The molecule has 2 heterocycles. The summed E-state index contributed by atoms with van der Waals surface area (Å²) in [4.78, 5) is 20.6. The van der Waals surface area contributed by atoms with Gasteiger partial charge in [-0.3, -0.25) is 19.5 Å². The van der Waals surface area contributed by atoms with Crippen molar-refractivity contribution in [3.8, 4) is 0 Å². The highest BCUT2D eigenvalue weighted by molar-refractivity contribution is 5.93. The standard InChI is InChI=1S/C22H22N4O.C7H16.C3H8.C2H6.CH5N/c1-17(27)21-13-23-12-20(15-25-26(2)16-21)19-10-7-11-22(24-14-19)18-8-5-3-4-6-9-18;1-4-6-7(3)5-2;1-3-2;2*1-2/h3-5,7-16,19H,6H2,1-2H3;7H,4-6H2,1-3H3;3H2,1-2H3;1-2H3;2H2,1H3. The van der Waals surface area contributed by atoms with Gasteiger partial charge in [-0.15, -0.1) is 0 Å². The quantitative estimate of drug-likeness (QED) is 0.350. The first-order valence-electron chi connectivity index (χ1n) is 15.1. The Kier molecular flexibility index (Phi) is 26.0. The molecule has 2 N–H and O–H groups in total. The molecule has 3 rings (SSSR count). The molecule has 6 nitrogen and oxygen atoms in total. The van der Waals surface area contributed by atoms with E-state index in [4.69, 9.17) is 0 Å². The topological polar surface area (TPSA) is 86.2 Å². The Labute approximate surface area is 251 Å². The van der Waals surface area contributed by atoms with Crippen LogP contribution in [-0.4, -0.2) is 33.8 Å². The predicted octanol–water partition coefficient (Wildman–Crippen LogP) is 9.04. The third kappa shape index (κ3) is 18.6. The molecule has 0 saturated heterocycles. The molecule has 0 radical (unpaired) electrons. The van der Waals surface area contributed by atoms with Crippen LogP contribution < -0.4 is 5.73 Å². The third-order valence-corrected chi connectivity index (χ3v) is 5.66. The molecular weight excluding hydrogens is 506 g/mol. The zero-order valence-electron chi connectivity index (χ0n) is 27.5. The average molecular weight is 564 g/mol. The first-order valence-corrected chi connectivity index (χ1v) is 15.1. The minimum absolute atomic E-state index is 0.0540. The molecule has 0 bridgehead atoms. The van der Waals surface area contributed by atoms with Crippen molar-refractivity contribution in [2.45, 2.75) is 93.4 Å². The SMILES string of the molecule is CC.CC(=O)c1cncc(C2C=CC=C(C3=CCC=CC=C3)N=C2)cnn(C)c1.CCC.CCCC(C)CC.CN. The Bertz CT molecular complexity index is 1070. The lowest BCUT2D eigenvalue weighted by Gasteiger charge is -2.04. The van der Waals surface area contributed by atoms with Gasteiger partial charge in [0.25, 0.3) is 0 Å². The second kappa shape index (κ2) is 26.8. The molecule has 0 fully saturated rings. The van der Waals surface area contributed by atoms with Gasteiger partial charge < -0.3 is 5.73 Å². The summed E-state index contributed by atoms with van der Waals surface area (Å²) < 4.78 is 1.61. The molecule has 2 atom stereocenters. The number of aryl methyl sites for hydroxylation is 1. The number of Topliss-reactive ketones (excluding diaryl/α,β-unsaturated/α-hetero) is 1. The highest BCUT2D eigenvalue weighted by Crippen LogP contribution is 2.22. The van der Waals surface area contributed by atoms with E-state index < -0.39 is 0 Å². The Morgan fingerprint density at radius 1 is 1.07 bits per heavy atom. The molecule has 1 aliphatic carbocycles. The molecule has 1 aromatic rings. The van der Waals surface area contributed by atoms with Crippen LogP contribution in [0.15, 0.2) is 89.7 Å². The molecule has 6 heteroatoms. The summed E-state index contributed by atoms with van der Waals surface area (Å²) in [6.45, 7) is 16.6. The van der Waals surface area contributed by atoms with E-state index in [-0.39, 0.29) is 11.7 Å². The lowest BCUT2D eigenvalue weighted by atomic mass is 10.0. The fourth-order valence-electron chi connectivity index (χ4n) is 3.37. The Morgan fingerprint density at radius 2 is 1.76 bits per heavy atom. The molecular formula is C35H57N5O. The minimum Gasteiger partial charge on any atom is -0.333 e. The van der Waals surface area contributed by atoms with Crippen LogP contribution in [0.2, 0.25) is 0 Å². The predicted molar refractivity (Wildman–Crippen MR) is 180 cm³/mol. The zero-order valence-corrected chi connectivity index (χ0v) is 27.5. The van der Waals surface area contributed by atoms with Gasteiger partial charge in [0, 0.05) is 43.3 Å². The summed E-state index contributed by atoms with van der Waals surface area (Å²) in [6.07, 6.45) is 31.3. The van der Waals surface area contributed by atoms with Gasteiger partial charge in [-0.25, -0.2) is 0 Å². The second-order valence-corrected chi connectivity index (χ2v) is 9.30. The van der Waals surface area contributed by atoms with Crippen LogP contribution in [0.3, 0.4) is 0 Å². The van der Waals surface area contributed by atoms with Crippen LogP contribution in [0.1, 0.15) is 109 Å². The highest BCUT2D eigenvalue weighted by atomic mass is 16.1. The molecule has 2 aliphatic rings. The smallest absolute Gasteiger partial charge is 0.162 e. The van der Waals surface area contributed by atoms with Crippen LogP contribution in [-0.2, 0) is 7.05 Å². The van der Waals surface area contributed by atoms with Gasteiger partial charge in [-0.2, -0.15) is 5.10 Å². The number of nitrogens with two attached hydrogens (primary N) is 1. The molecule has 1 aliphatic heterocycles. The molecule has 0 spiro atoms. The Hall–Kier alpha value is -3.38. The minimum atomic E-state index is -0.0552. The van der Waals surface area contributed by atoms with Gasteiger partial charge >= 0.3 is 0 Å². The highest BCUT2D eigenvalue weighted by Gasteiger charge is 2.09. The maximum absolute atomic E-state index is 11.6. The molecule has 2 unspecified atom stereocenters. The number of aromatic nitrogens is 3. The maximum atomic E-state index is 11.6. The maximum Gasteiger partial charge on any atom is 0.162 e. The summed E-state index contributed by atoms with van der Waals surface area (Å²) in [5.41, 5.74) is 7.92. The first-order chi connectivity index (χ1) is 19.9. The molecule has 0 aromatic carbocycles. The lowest BCUT2D eigenvalue weighted by molar-refractivity contribution is 0.101. The van der Waals surface area contributed by atoms with Gasteiger partial charge in [0.2, 0.25) is 0 Å². The summed E-state index contributed by atoms with van der Waals surface area (Å²) in [7, 11) is 3.28. The van der Waals surface area contributed by atoms with E-state index in [0.29, 0.717) is 5.56 Å². The summed E-state index contributed by atoms with van der Waals surface area (Å²) >= 11 is 0. The van der Waals surface area contributed by atoms with Gasteiger partial charge in [-0.1, -0.05) is 117 Å². The summed E-state index contributed by atoms with van der Waals surface area (Å²) in [5, 5.41) is 4.37. The van der Waals surface area contributed by atoms with Crippen molar-refractivity contribution in [1.82, 2.24) is 14.8 Å². The fraction of sp³-hybridized carbons (Fsp3) is 0.486. The number of aliphatic imine (C=N–C) groups is 1. The van der Waals surface area contributed by atoms with E-state index in [1.807, 2.05) is 44.4 Å². The van der Waals surface area contributed by atoms with E-state index >= 15 is 0 Å². The van der Waals surface area contributed by atoms with E-state index in [1.165, 1.54) is 39.7 Å². The number of ketones is 1. The lowest BCUT2D eigenvalue weighted by Crippen LogP contribution is -1.99. The van der Waals surface area contributed by atoms with Crippen molar-refractivity contribution >= 4 is 12.0 Å². The van der Waals surface area contributed by atoms with Crippen molar-refractivity contribution in [1.29, 1.82) is 0 Å². The molecule has 228 valence electrons. The van der Waals surface area contributed by atoms with Crippen LogP contribution >= 0.6 is 0 Å². The average Bonchev–Trinajstić information content (AvgIpc) is 3.37. The third-order valence-electron chi connectivity index (χ3n) is 5.66. The van der Waals surface area contributed by atoms with E-state index in [1.54, 1.807) is 36.5 Å². The summed E-state index contributed by atoms with van der Waals surface area (Å²) in [5.74, 6) is 0.840. The number of carbonyl (C=O) groups excluding carboxylic acids is 1. The van der Waals surface area contributed by atoms with Crippen molar-refractivity contribution < 1.29 is 4.79 Å². The van der Waals surface area contributed by atoms with E-state index in [0.717, 1.165) is 29.2 Å². The van der Waals surface area contributed by atoms with Crippen LogP contribution in [0, 0.1) is 5.92 Å². The molecule has 41 heavy (non-hydrogen) atoms. The van der Waals surface area contributed by atoms with E-state index in [2.05, 4.69) is 79.7 Å². The molecule has 0 amide bonds. The van der Waals surface area contributed by atoms with Crippen LogP contribution in [0.4, 0.5) is 0 Å². The van der Waals surface area contributed by atoms with E-state index in [9.17, 15) is 4.79 Å². The van der Waals surface area contributed by atoms with Gasteiger partial charge in [0.15, 0.2) is 5.78 Å². The van der Waals surface area contributed by atoms with Crippen molar-refractivity contribution in [2.24, 2.45) is 23.7 Å². The normalized spacial score (nSPS) is 15.1. The van der Waals surface area contributed by atoms with Gasteiger partial charge in [0.1, 0.15) is 0 Å². The molecule has 0 saturated carbocycles. The first kappa shape index (κ1) is 39.8. The van der Waals surface area contributed by atoms with Crippen LogP contribution in [0.5, 0.6) is 0 Å². The largest absolute Gasteiger partial charge is 0.333 e. The Morgan fingerprint density at radius 3 is 2.34 bits per heavy atom. The monoisotopic (exact) mass is 563 g/mol. The van der Waals surface area contributed by atoms with Crippen molar-refractivity contribution in [3.63, 3.8) is 0 Å². The number of rotatable bonds is 6. The van der Waals surface area contributed by atoms with Gasteiger partial charge in [0.05, 0.1) is 17.5 Å². The fourth-order valence-corrected chi connectivity index (χ4v) is 3.37.